The minimum Gasteiger partial charge on any atom is -0.389 e. The van der Waals surface area contributed by atoms with Gasteiger partial charge in [0.2, 0.25) is 10.0 Å². The van der Waals surface area contributed by atoms with Gasteiger partial charge in [-0.05, 0) is 48.2 Å². The van der Waals surface area contributed by atoms with Gasteiger partial charge in [-0.3, -0.25) is 0 Å². The Balaban J connectivity index is 1.74. The van der Waals surface area contributed by atoms with Crippen molar-refractivity contribution < 1.29 is 22.7 Å². The van der Waals surface area contributed by atoms with Gasteiger partial charge in [-0.1, -0.05) is 29.8 Å². The molecular weight excluding hydrogens is 405 g/mol. The number of methoxy groups -OCH3 is 1. The molecule has 0 bridgehead atoms. The summed E-state index contributed by atoms with van der Waals surface area (Å²) in [6.45, 7) is 0.560. The first-order valence-corrected chi connectivity index (χ1v) is 10.8. The second-order valence-corrected chi connectivity index (χ2v) is 9.50. The molecule has 0 aromatic heterocycles. The molecule has 1 aliphatic heterocycles. The number of sulfonamides is 1. The lowest BCUT2D eigenvalue weighted by atomic mass is 9.86. The average molecular weight is 428 g/mol. The van der Waals surface area contributed by atoms with E-state index in [1.807, 2.05) is 0 Å². The van der Waals surface area contributed by atoms with Gasteiger partial charge in [0.1, 0.15) is 5.82 Å². The Morgan fingerprint density at radius 3 is 2.54 bits per heavy atom. The van der Waals surface area contributed by atoms with Crippen molar-refractivity contribution in [2.75, 3.05) is 20.2 Å². The SMILES string of the molecule is COCc1cc(Cl)cc(S(=O)(=O)N2CCC(O)(Cc3ccccc3F)CC2)c1. The molecule has 5 nitrogen and oxygen atoms in total. The summed E-state index contributed by atoms with van der Waals surface area (Å²) in [6, 6.07) is 10.9. The van der Waals surface area contributed by atoms with Crippen molar-refractivity contribution >= 4 is 21.6 Å². The number of hydrogen-bond acceptors (Lipinski definition) is 4. The summed E-state index contributed by atoms with van der Waals surface area (Å²) >= 11 is 6.07. The molecule has 0 aliphatic carbocycles. The Morgan fingerprint density at radius 1 is 1.21 bits per heavy atom. The van der Waals surface area contributed by atoms with E-state index >= 15 is 0 Å². The molecule has 0 unspecified atom stereocenters. The second-order valence-electron chi connectivity index (χ2n) is 7.12. The van der Waals surface area contributed by atoms with Crippen LogP contribution in [-0.2, 0) is 27.8 Å². The van der Waals surface area contributed by atoms with Gasteiger partial charge in [-0.2, -0.15) is 4.31 Å². The number of piperidine rings is 1. The van der Waals surface area contributed by atoms with Crippen molar-refractivity contribution in [1.82, 2.24) is 4.31 Å². The monoisotopic (exact) mass is 427 g/mol. The third kappa shape index (κ3) is 4.72. The fraction of sp³-hybridized carbons (Fsp3) is 0.400. The number of rotatable bonds is 6. The lowest BCUT2D eigenvalue weighted by Gasteiger charge is -2.37. The molecule has 0 spiro atoms. The van der Waals surface area contributed by atoms with Crippen molar-refractivity contribution in [2.24, 2.45) is 0 Å². The van der Waals surface area contributed by atoms with E-state index in [9.17, 15) is 17.9 Å². The van der Waals surface area contributed by atoms with Crippen LogP contribution in [0.15, 0.2) is 47.4 Å². The van der Waals surface area contributed by atoms with Gasteiger partial charge in [0.05, 0.1) is 17.1 Å². The smallest absolute Gasteiger partial charge is 0.243 e. The van der Waals surface area contributed by atoms with Gasteiger partial charge in [-0.25, -0.2) is 12.8 Å². The van der Waals surface area contributed by atoms with Crippen LogP contribution >= 0.6 is 11.6 Å². The van der Waals surface area contributed by atoms with Crippen LogP contribution in [0.4, 0.5) is 4.39 Å². The number of ether oxygens (including phenoxy) is 1. The first-order valence-electron chi connectivity index (χ1n) is 8.98. The van der Waals surface area contributed by atoms with Crippen LogP contribution in [-0.4, -0.2) is 43.6 Å². The third-order valence-electron chi connectivity index (χ3n) is 5.01. The Hall–Kier alpha value is -1.51. The Labute approximate surface area is 169 Å². The number of nitrogens with zero attached hydrogens (tertiary/aromatic N) is 1. The van der Waals surface area contributed by atoms with E-state index < -0.39 is 15.6 Å². The molecule has 2 aromatic carbocycles. The minimum absolute atomic E-state index is 0.103. The zero-order valence-electron chi connectivity index (χ0n) is 15.6. The molecule has 8 heteroatoms. The van der Waals surface area contributed by atoms with Crippen LogP contribution in [0.1, 0.15) is 24.0 Å². The lowest BCUT2D eigenvalue weighted by Crippen LogP contribution is -2.47. The maximum Gasteiger partial charge on any atom is 0.243 e. The average Bonchev–Trinajstić information content (AvgIpc) is 2.64. The standard InChI is InChI=1S/C20H23ClFNO4S/c1-27-14-15-10-17(21)12-18(11-15)28(25,26)23-8-6-20(24,7-9-23)13-16-4-2-3-5-19(16)22/h2-5,10-12,24H,6-9,13-14H2,1H3. The molecule has 1 fully saturated rings. The molecule has 1 saturated heterocycles. The molecule has 28 heavy (non-hydrogen) atoms. The van der Waals surface area contributed by atoms with Crippen molar-refractivity contribution in [3.05, 3.63) is 64.4 Å². The van der Waals surface area contributed by atoms with Crippen molar-refractivity contribution in [3.8, 4) is 0 Å². The zero-order valence-corrected chi connectivity index (χ0v) is 17.1. The molecule has 0 atom stereocenters. The number of benzene rings is 2. The van der Waals surface area contributed by atoms with Crippen LogP contribution in [0.3, 0.4) is 0 Å². The fourth-order valence-electron chi connectivity index (χ4n) is 3.48. The summed E-state index contributed by atoms with van der Waals surface area (Å²) < 4.78 is 46.3. The van der Waals surface area contributed by atoms with Crippen LogP contribution in [0.5, 0.6) is 0 Å². The largest absolute Gasteiger partial charge is 0.389 e. The van der Waals surface area contributed by atoms with E-state index in [1.165, 1.54) is 23.5 Å². The highest BCUT2D eigenvalue weighted by Gasteiger charge is 2.37. The Morgan fingerprint density at radius 2 is 1.89 bits per heavy atom. The summed E-state index contributed by atoms with van der Waals surface area (Å²) in [7, 11) is -2.22. The summed E-state index contributed by atoms with van der Waals surface area (Å²) in [5.41, 5.74) is -0.0361. The molecule has 1 heterocycles. The van der Waals surface area contributed by atoms with E-state index in [4.69, 9.17) is 16.3 Å². The minimum atomic E-state index is -3.75. The first-order chi connectivity index (χ1) is 13.2. The summed E-state index contributed by atoms with van der Waals surface area (Å²) in [5, 5.41) is 11.2. The van der Waals surface area contributed by atoms with Crippen molar-refractivity contribution in [2.45, 2.75) is 36.4 Å². The fourth-order valence-corrected chi connectivity index (χ4v) is 5.34. The molecule has 2 aromatic rings. The second kappa shape index (κ2) is 8.47. The number of halogens is 2. The molecule has 0 radical (unpaired) electrons. The molecular formula is C20H23ClFNO4S. The zero-order chi connectivity index (χ0) is 20.4. The number of aliphatic hydroxyl groups is 1. The normalized spacial score (nSPS) is 17.6. The highest BCUT2D eigenvalue weighted by atomic mass is 35.5. The van der Waals surface area contributed by atoms with E-state index in [-0.39, 0.29) is 49.7 Å². The highest BCUT2D eigenvalue weighted by Crippen LogP contribution is 2.31. The molecule has 1 aliphatic rings. The topological polar surface area (TPSA) is 66.8 Å². The Bertz CT molecular complexity index is 943. The summed E-state index contributed by atoms with van der Waals surface area (Å²) in [6.07, 6.45) is 0.612. The van der Waals surface area contributed by atoms with E-state index in [0.717, 1.165) is 0 Å². The predicted octanol–water partition coefficient (Wildman–Crippen LogP) is 3.38. The molecule has 0 saturated carbocycles. The first kappa shape index (κ1) is 21.2. The van der Waals surface area contributed by atoms with Crippen molar-refractivity contribution in [3.63, 3.8) is 0 Å². The van der Waals surface area contributed by atoms with Gasteiger partial charge in [0.25, 0.3) is 0 Å². The molecule has 152 valence electrons. The van der Waals surface area contributed by atoms with Gasteiger partial charge in [0.15, 0.2) is 0 Å². The van der Waals surface area contributed by atoms with Gasteiger partial charge in [0, 0.05) is 31.6 Å². The maximum atomic E-state index is 13.9. The van der Waals surface area contributed by atoms with Gasteiger partial charge in [-0.15, -0.1) is 0 Å². The van der Waals surface area contributed by atoms with E-state index in [2.05, 4.69) is 0 Å². The van der Waals surface area contributed by atoms with Gasteiger partial charge >= 0.3 is 0 Å². The molecule has 0 amide bonds. The van der Waals surface area contributed by atoms with Crippen LogP contribution in [0.25, 0.3) is 0 Å². The lowest BCUT2D eigenvalue weighted by molar-refractivity contribution is -0.00505. The summed E-state index contributed by atoms with van der Waals surface area (Å²) in [5.74, 6) is -0.365. The highest BCUT2D eigenvalue weighted by molar-refractivity contribution is 7.89. The maximum absolute atomic E-state index is 13.9. The van der Waals surface area contributed by atoms with Crippen LogP contribution < -0.4 is 0 Å². The quantitative estimate of drug-likeness (QED) is 0.767. The van der Waals surface area contributed by atoms with Crippen molar-refractivity contribution in [1.29, 1.82) is 0 Å². The van der Waals surface area contributed by atoms with Crippen LogP contribution in [0, 0.1) is 5.82 Å². The van der Waals surface area contributed by atoms with Crippen LogP contribution in [0.2, 0.25) is 5.02 Å². The van der Waals surface area contributed by atoms with Gasteiger partial charge < -0.3 is 9.84 Å². The summed E-state index contributed by atoms with van der Waals surface area (Å²) in [4.78, 5) is 0.103. The third-order valence-corrected chi connectivity index (χ3v) is 7.10. The Kier molecular flexibility index (Phi) is 6.41. The number of hydrogen-bond donors (Lipinski definition) is 1. The van der Waals surface area contributed by atoms with E-state index in [1.54, 1.807) is 30.3 Å². The predicted molar refractivity (Wildman–Crippen MR) is 105 cm³/mol. The molecule has 1 N–H and O–H groups in total. The molecule has 3 rings (SSSR count). The van der Waals surface area contributed by atoms with E-state index in [0.29, 0.717) is 16.1 Å².